The second kappa shape index (κ2) is 7.45. The number of carboxylic acid groups (broad SMARTS) is 1. The van der Waals surface area contributed by atoms with Crippen LogP contribution in [0.25, 0.3) is 0 Å². The molecule has 0 aliphatic rings. The first-order valence-corrected chi connectivity index (χ1v) is 7.69. The largest absolute Gasteiger partial charge is 0.481 e. The van der Waals surface area contributed by atoms with Gasteiger partial charge in [0.25, 0.3) is 0 Å². The van der Waals surface area contributed by atoms with Gasteiger partial charge in [-0.25, -0.2) is 4.79 Å². The zero-order chi connectivity index (χ0) is 16.0. The summed E-state index contributed by atoms with van der Waals surface area (Å²) in [6, 6.07) is 5.11. The average Bonchev–Trinajstić information content (AvgIpc) is 2.45. The fraction of sp³-hybridized carbons (Fsp3) is 0.467. The highest BCUT2D eigenvalue weighted by atomic mass is 79.9. The molecular formula is C15H21BrN2O3. The van der Waals surface area contributed by atoms with Crippen molar-refractivity contribution < 1.29 is 14.7 Å². The van der Waals surface area contributed by atoms with Gasteiger partial charge in [0.2, 0.25) is 0 Å². The van der Waals surface area contributed by atoms with E-state index < -0.39 is 17.4 Å². The zero-order valence-electron chi connectivity index (χ0n) is 12.5. The molecule has 0 fully saturated rings. The Hall–Kier alpha value is -1.56. The Balaban J connectivity index is 2.70. The molecule has 0 bridgehead atoms. The van der Waals surface area contributed by atoms with Crippen LogP contribution in [0.1, 0.15) is 32.3 Å². The molecule has 0 aromatic heterocycles. The van der Waals surface area contributed by atoms with Crippen LogP contribution in [0.15, 0.2) is 22.7 Å². The Bertz CT molecular complexity index is 528. The Morgan fingerprint density at radius 3 is 2.43 bits per heavy atom. The predicted octanol–water partition coefficient (Wildman–Crippen LogP) is 3.77. The Kier molecular flexibility index (Phi) is 6.20. The minimum Gasteiger partial charge on any atom is -0.481 e. The van der Waals surface area contributed by atoms with E-state index >= 15 is 0 Å². The third-order valence-corrected chi connectivity index (χ3v) is 4.77. The number of hydrogen-bond acceptors (Lipinski definition) is 2. The molecule has 2 amide bonds. The standard InChI is InChI=1S/C15H21BrN2O3/c1-4-15(5-2,13(19)20)9-17-14(21)18-12-8-6-7-11(16)10(12)3/h6-8H,4-5,9H2,1-3H3,(H,19,20)(H2,17,18,21). The van der Waals surface area contributed by atoms with Crippen LogP contribution in [0.3, 0.4) is 0 Å². The van der Waals surface area contributed by atoms with Crippen molar-refractivity contribution in [3.8, 4) is 0 Å². The Labute approximate surface area is 133 Å². The number of amides is 2. The summed E-state index contributed by atoms with van der Waals surface area (Å²) in [5.41, 5.74) is 0.697. The molecule has 0 atom stereocenters. The molecule has 0 aliphatic heterocycles. The number of anilines is 1. The molecule has 116 valence electrons. The molecule has 0 saturated carbocycles. The highest BCUT2D eigenvalue weighted by molar-refractivity contribution is 9.10. The van der Waals surface area contributed by atoms with E-state index in [4.69, 9.17) is 0 Å². The van der Waals surface area contributed by atoms with Crippen molar-refractivity contribution in [1.82, 2.24) is 5.32 Å². The molecule has 6 heteroatoms. The summed E-state index contributed by atoms with van der Waals surface area (Å²) in [4.78, 5) is 23.3. The molecule has 1 aromatic carbocycles. The number of hydrogen-bond donors (Lipinski definition) is 3. The van der Waals surface area contributed by atoms with E-state index in [1.807, 2.05) is 32.9 Å². The van der Waals surface area contributed by atoms with Crippen LogP contribution >= 0.6 is 15.9 Å². The number of carboxylic acids is 1. The summed E-state index contributed by atoms with van der Waals surface area (Å²) in [7, 11) is 0. The fourth-order valence-electron chi connectivity index (χ4n) is 2.04. The summed E-state index contributed by atoms with van der Waals surface area (Å²) in [6.07, 6.45) is 0.935. The molecule has 0 heterocycles. The quantitative estimate of drug-likeness (QED) is 0.725. The van der Waals surface area contributed by atoms with Gasteiger partial charge in [0, 0.05) is 16.7 Å². The van der Waals surface area contributed by atoms with Crippen LogP contribution in [0.2, 0.25) is 0 Å². The number of aliphatic carboxylic acids is 1. The van der Waals surface area contributed by atoms with Crippen LogP contribution in [-0.2, 0) is 4.79 Å². The Morgan fingerprint density at radius 1 is 1.29 bits per heavy atom. The molecular weight excluding hydrogens is 336 g/mol. The summed E-state index contributed by atoms with van der Waals surface area (Å²) in [6.45, 7) is 5.62. The van der Waals surface area contributed by atoms with Gasteiger partial charge in [0.1, 0.15) is 0 Å². The average molecular weight is 357 g/mol. The normalized spacial score (nSPS) is 11.0. The zero-order valence-corrected chi connectivity index (χ0v) is 14.1. The van der Waals surface area contributed by atoms with Crippen LogP contribution in [0.5, 0.6) is 0 Å². The van der Waals surface area contributed by atoms with Crippen molar-refractivity contribution in [2.45, 2.75) is 33.6 Å². The van der Waals surface area contributed by atoms with E-state index in [1.54, 1.807) is 6.07 Å². The van der Waals surface area contributed by atoms with E-state index in [0.29, 0.717) is 18.5 Å². The highest BCUT2D eigenvalue weighted by Crippen LogP contribution is 2.26. The molecule has 0 saturated heterocycles. The van der Waals surface area contributed by atoms with Crippen molar-refractivity contribution in [2.75, 3.05) is 11.9 Å². The van der Waals surface area contributed by atoms with E-state index in [0.717, 1.165) is 10.0 Å². The molecule has 0 unspecified atom stereocenters. The highest BCUT2D eigenvalue weighted by Gasteiger charge is 2.35. The molecule has 0 aliphatic carbocycles. The first-order valence-electron chi connectivity index (χ1n) is 6.89. The lowest BCUT2D eigenvalue weighted by atomic mass is 9.82. The second-order valence-electron chi connectivity index (χ2n) is 5.01. The number of benzene rings is 1. The maximum atomic E-state index is 11.9. The summed E-state index contributed by atoms with van der Waals surface area (Å²) < 4.78 is 0.905. The minimum atomic E-state index is -0.913. The van der Waals surface area contributed by atoms with Crippen molar-refractivity contribution in [1.29, 1.82) is 0 Å². The lowest BCUT2D eigenvalue weighted by Gasteiger charge is -2.26. The molecule has 0 radical (unpaired) electrons. The van der Waals surface area contributed by atoms with E-state index in [2.05, 4.69) is 26.6 Å². The van der Waals surface area contributed by atoms with E-state index in [-0.39, 0.29) is 6.54 Å². The second-order valence-corrected chi connectivity index (χ2v) is 5.87. The van der Waals surface area contributed by atoms with Gasteiger partial charge in [-0.15, -0.1) is 0 Å². The third kappa shape index (κ3) is 4.20. The maximum absolute atomic E-state index is 11.9. The maximum Gasteiger partial charge on any atom is 0.319 e. The van der Waals surface area contributed by atoms with Gasteiger partial charge in [0.05, 0.1) is 5.41 Å². The molecule has 1 rings (SSSR count). The first kappa shape index (κ1) is 17.5. The molecule has 3 N–H and O–H groups in total. The fourth-order valence-corrected chi connectivity index (χ4v) is 2.40. The number of nitrogens with one attached hydrogen (secondary N) is 2. The van der Waals surface area contributed by atoms with Gasteiger partial charge >= 0.3 is 12.0 Å². The number of carbonyl (C=O) groups is 2. The third-order valence-electron chi connectivity index (χ3n) is 3.91. The lowest BCUT2D eigenvalue weighted by Crippen LogP contribution is -2.43. The lowest BCUT2D eigenvalue weighted by molar-refractivity contribution is -0.149. The first-order chi connectivity index (χ1) is 9.86. The summed E-state index contributed by atoms with van der Waals surface area (Å²) in [5, 5.41) is 14.7. The van der Waals surface area contributed by atoms with E-state index in [1.165, 1.54) is 0 Å². The van der Waals surface area contributed by atoms with Gasteiger partial charge in [-0.05, 0) is 37.5 Å². The van der Waals surface area contributed by atoms with Crippen LogP contribution < -0.4 is 10.6 Å². The van der Waals surface area contributed by atoms with Crippen molar-refractivity contribution in [3.05, 3.63) is 28.2 Å². The monoisotopic (exact) mass is 356 g/mol. The predicted molar refractivity (Wildman–Crippen MR) is 86.6 cm³/mol. The van der Waals surface area contributed by atoms with Crippen molar-refractivity contribution in [3.63, 3.8) is 0 Å². The van der Waals surface area contributed by atoms with Crippen LogP contribution in [-0.4, -0.2) is 23.7 Å². The number of rotatable bonds is 6. The van der Waals surface area contributed by atoms with Crippen LogP contribution in [0, 0.1) is 12.3 Å². The smallest absolute Gasteiger partial charge is 0.319 e. The number of halogens is 1. The van der Waals surface area contributed by atoms with E-state index in [9.17, 15) is 14.7 Å². The molecule has 1 aromatic rings. The SMILES string of the molecule is CCC(CC)(CNC(=O)Nc1cccc(Br)c1C)C(=O)O. The van der Waals surface area contributed by atoms with Crippen LogP contribution in [0.4, 0.5) is 10.5 Å². The molecule has 21 heavy (non-hydrogen) atoms. The Morgan fingerprint density at radius 2 is 1.90 bits per heavy atom. The molecule has 0 spiro atoms. The topological polar surface area (TPSA) is 78.4 Å². The van der Waals surface area contributed by atoms with Gasteiger partial charge in [0.15, 0.2) is 0 Å². The van der Waals surface area contributed by atoms with Gasteiger partial charge < -0.3 is 15.7 Å². The minimum absolute atomic E-state index is 0.105. The van der Waals surface area contributed by atoms with Crippen molar-refractivity contribution >= 4 is 33.6 Å². The van der Waals surface area contributed by atoms with Gasteiger partial charge in [-0.2, -0.15) is 0 Å². The number of carbonyl (C=O) groups excluding carboxylic acids is 1. The summed E-state index contributed by atoms with van der Waals surface area (Å²) >= 11 is 3.40. The summed E-state index contributed by atoms with van der Waals surface area (Å²) in [5.74, 6) is -0.883. The number of urea groups is 1. The van der Waals surface area contributed by atoms with Crippen molar-refractivity contribution in [2.24, 2.45) is 5.41 Å². The van der Waals surface area contributed by atoms with Gasteiger partial charge in [-0.3, -0.25) is 4.79 Å². The molecule has 5 nitrogen and oxygen atoms in total. The van der Waals surface area contributed by atoms with Gasteiger partial charge in [-0.1, -0.05) is 35.8 Å².